The van der Waals surface area contributed by atoms with E-state index in [1.165, 1.54) is 0 Å². The van der Waals surface area contributed by atoms with Crippen molar-refractivity contribution in [1.29, 1.82) is 0 Å². The normalized spacial score (nSPS) is 19.0. The van der Waals surface area contributed by atoms with Crippen molar-refractivity contribution in [2.75, 3.05) is 26.2 Å². The molecular weight excluding hydrogens is 560 g/mol. The summed E-state index contributed by atoms with van der Waals surface area (Å²) >= 11 is 0. The van der Waals surface area contributed by atoms with Gasteiger partial charge in [-0.25, -0.2) is 0 Å². The van der Waals surface area contributed by atoms with Crippen molar-refractivity contribution in [2.24, 2.45) is 0 Å². The number of hydrogen-bond acceptors (Lipinski definition) is 6. The van der Waals surface area contributed by atoms with Gasteiger partial charge >= 0.3 is 23.6 Å². The lowest BCUT2D eigenvalue weighted by molar-refractivity contribution is -0.159. The first-order chi connectivity index (χ1) is 21.3. The molecule has 44 heavy (non-hydrogen) atoms. The van der Waals surface area contributed by atoms with Crippen molar-refractivity contribution in [3.8, 4) is 11.5 Å². The number of carbonyl (C=O) groups excluding carboxylic acids is 4. The molecule has 10 nitrogen and oxygen atoms in total. The van der Waals surface area contributed by atoms with E-state index in [-0.39, 0.29) is 23.6 Å². The van der Waals surface area contributed by atoms with Crippen LogP contribution in [0.2, 0.25) is 0 Å². The lowest BCUT2D eigenvalue weighted by atomic mass is 9.99. The number of rotatable bonds is 12. The second kappa shape index (κ2) is 14.1. The number of hydrogen-bond donors (Lipinski definition) is 3. The van der Waals surface area contributed by atoms with Crippen LogP contribution in [0, 0.1) is 0 Å². The molecule has 3 N–H and O–H groups in total. The number of piperazine rings is 2. The molecule has 0 spiro atoms. The number of unbranched alkanes of at least 4 members (excludes halogenated alkanes) is 1. The molecular formula is C34H38N4O6. The zero-order chi connectivity index (χ0) is 31.1. The van der Waals surface area contributed by atoms with Gasteiger partial charge in [-0.15, -0.1) is 0 Å². The van der Waals surface area contributed by atoms with Gasteiger partial charge in [-0.3, -0.25) is 19.2 Å². The molecule has 230 valence electrons. The third-order valence-corrected chi connectivity index (χ3v) is 8.39. The summed E-state index contributed by atoms with van der Waals surface area (Å²) in [5.74, 6) is -1.85. The van der Waals surface area contributed by atoms with Gasteiger partial charge in [0.1, 0.15) is 11.5 Å². The third kappa shape index (κ3) is 7.55. The predicted molar refractivity (Wildman–Crippen MR) is 163 cm³/mol. The summed E-state index contributed by atoms with van der Waals surface area (Å²) in [6, 6.07) is 22.9. The van der Waals surface area contributed by atoms with Gasteiger partial charge in [-0.2, -0.15) is 0 Å². The molecule has 2 atom stereocenters. The number of phenols is 2. The summed E-state index contributed by atoms with van der Waals surface area (Å²) in [6.07, 6.45) is 3.10. The maximum absolute atomic E-state index is 13.4. The highest BCUT2D eigenvalue weighted by atomic mass is 16.3. The van der Waals surface area contributed by atoms with Crippen LogP contribution in [0.1, 0.15) is 36.0 Å². The standard InChI is InChI=1S/C34H38N4O6/c39-29-13-9-24(10-14-29)17-19-37-27(21-35-31(41)32(37)42)8-4-5-18-36-23-28(20-25-11-15-30(40)16-12-25)38(34(44)33(36)43)22-26-6-2-1-3-7-26/h1-3,6-7,9-16,27-28,39-40H,4-5,8,17-23H2,(H,35,41)/t27-,28-/m0/s1. The van der Waals surface area contributed by atoms with Gasteiger partial charge < -0.3 is 30.2 Å². The highest BCUT2D eigenvalue weighted by molar-refractivity contribution is 6.36. The second-order valence-electron chi connectivity index (χ2n) is 11.5. The van der Waals surface area contributed by atoms with Crippen LogP contribution in [0.3, 0.4) is 0 Å². The SMILES string of the molecule is O=C1NC[C@H](CCCCN2C[C@H](Cc3ccc(O)cc3)N(Cc3ccccc3)C(=O)C2=O)N(CCc2ccc(O)cc2)C1=O. The Hall–Kier alpha value is -4.86. The number of carbonyl (C=O) groups is 4. The molecule has 0 radical (unpaired) electrons. The van der Waals surface area contributed by atoms with Gasteiger partial charge in [-0.1, -0.05) is 54.6 Å². The molecule has 5 rings (SSSR count). The van der Waals surface area contributed by atoms with Gasteiger partial charge in [0.05, 0.1) is 6.04 Å². The van der Waals surface area contributed by atoms with E-state index in [2.05, 4.69) is 5.32 Å². The molecule has 2 aliphatic heterocycles. The zero-order valence-corrected chi connectivity index (χ0v) is 24.6. The predicted octanol–water partition coefficient (Wildman–Crippen LogP) is 2.62. The molecule has 0 saturated carbocycles. The Labute approximate surface area is 256 Å². The van der Waals surface area contributed by atoms with Crippen LogP contribution in [0.25, 0.3) is 0 Å². The largest absolute Gasteiger partial charge is 0.508 e. The summed E-state index contributed by atoms with van der Waals surface area (Å²) in [4.78, 5) is 56.3. The first-order valence-corrected chi connectivity index (χ1v) is 15.1. The minimum atomic E-state index is -0.607. The molecule has 3 aromatic carbocycles. The Morgan fingerprint density at radius 3 is 2.00 bits per heavy atom. The number of nitrogens with one attached hydrogen (secondary N) is 1. The minimum absolute atomic E-state index is 0.167. The third-order valence-electron chi connectivity index (χ3n) is 8.39. The van der Waals surface area contributed by atoms with Crippen molar-refractivity contribution >= 4 is 23.6 Å². The summed E-state index contributed by atoms with van der Waals surface area (Å²) in [7, 11) is 0. The summed E-state index contributed by atoms with van der Waals surface area (Å²) < 4.78 is 0. The van der Waals surface area contributed by atoms with Gasteiger partial charge in [0.25, 0.3) is 0 Å². The monoisotopic (exact) mass is 598 g/mol. The van der Waals surface area contributed by atoms with Gasteiger partial charge in [0.2, 0.25) is 0 Å². The van der Waals surface area contributed by atoms with Crippen LogP contribution in [-0.2, 0) is 38.6 Å². The Morgan fingerprint density at radius 1 is 0.659 bits per heavy atom. The maximum atomic E-state index is 13.4. The van der Waals surface area contributed by atoms with Crippen molar-refractivity contribution in [1.82, 2.24) is 20.0 Å². The van der Waals surface area contributed by atoms with Crippen molar-refractivity contribution in [3.05, 3.63) is 95.6 Å². The van der Waals surface area contributed by atoms with Crippen LogP contribution in [0.4, 0.5) is 0 Å². The lowest BCUT2D eigenvalue weighted by Gasteiger charge is -2.41. The molecule has 0 unspecified atom stereocenters. The van der Waals surface area contributed by atoms with Crippen LogP contribution >= 0.6 is 0 Å². The molecule has 10 heteroatoms. The van der Waals surface area contributed by atoms with Crippen LogP contribution < -0.4 is 5.32 Å². The number of aromatic hydroxyl groups is 2. The minimum Gasteiger partial charge on any atom is -0.508 e. The van der Waals surface area contributed by atoms with E-state index < -0.39 is 23.6 Å². The first kappa shape index (κ1) is 30.6. The lowest BCUT2D eigenvalue weighted by Crippen LogP contribution is -2.60. The van der Waals surface area contributed by atoms with Crippen LogP contribution in [0.5, 0.6) is 11.5 Å². The molecule has 2 fully saturated rings. The topological polar surface area (TPSA) is 130 Å². The fourth-order valence-corrected chi connectivity index (χ4v) is 5.94. The Morgan fingerprint density at radius 2 is 1.32 bits per heavy atom. The summed E-state index contributed by atoms with van der Waals surface area (Å²) in [5, 5.41) is 21.9. The van der Waals surface area contributed by atoms with Crippen molar-refractivity contribution in [3.63, 3.8) is 0 Å². The molecule has 0 aromatic heterocycles. The molecule has 3 aromatic rings. The fraction of sp³-hybridized carbons (Fsp3) is 0.353. The summed E-state index contributed by atoms with van der Waals surface area (Å²) in [6.45, 7) is 1.90. The van der Waals surface area contributed by atoms with E-state index >= 15 is 0 Å². The number of amides is 4. The smallest absolute Gasteiger partial charge is 0.312 e. The average molecular weight is 599 g/mol. The van der Waals surface area contributed by atoms with E-state index in [4.69, 9.17) is 0 Å². The highest BCUT2D eigenvalue weighted by Gasteiger charge is 2.39. The number of benzene rings is 3. The molecule has 0 aliphatic carbocycles. The van der Waals surface area contributed by atoms with Gasteiger partial charge in [0, 0.05) is 38.8 Å². The number of nitrogens with zero attached hydrogens (tertiary/aromatic N) is 3. The van der Waals surface area contributed by atoms with Crippen molar-refractivity contribution < 1.29 is 29.4 Å². The first-order valence-electron chi connectivity index (χ1n) is 15.1. The molecule has 0 bridgehead atoms. The second-order valence-corrected chi connectivity index (χ2v) is 11.5. The highest BCUT2D eigenvalue weighted by Crippen LogP contribution is 2.22. The average Bonchev–Trinajstić information content (AvgIpc) is 3.03. The molecule has 4 amide bonds. The summed E-state index contributed by atoms with van der Waals surface area (Å²) in [5.41, 5.74) is 2.86. The van der Waals surface area contributed by atoms with E-state index in [1.807, 2.05) is 42.5 Å². The van der Waals surface area contributed by atoms with Crippen LogP contribution in [0.15, 0.2) is 78.9 Å². The van der Waals surface area contributed by atoms with Gasteiger partial charge in [-0.05, 0) is 73.1 Å². The van der Waals surface area contributed by atoms with E-state index in [0.29, 0.717) is 64.8 Å². The Bertz CT molecular complexity index is 1460. The van der Waals surface area contributed by atoms with E-state index in [0.717, 1.165) is 16.7 Å². The Balaban J connectivity index is 1.19. The zero-order valence-electron chi connectivity index (χ0n) is 24.6. The van der Waals surface area contributed by atoms with E-state index in [1.54, 1.807) is 51.1 Å². The molecule has 2 heterocycles. The quantitative estimate of drug-likeness (QED) is 0.217. The van der Waals surface area contributed by atoms with E-state index in [9.17, 15) is 29.4 Å². The van der Waals surface area contributed by atoms with Gasteiger partial charge in [0.15, 0.2) is 0 Å². The van der Waals surface area contributed by atoms with Crippen LogP contribution in [-0.4, -0.2) is 86.8 Å². The fourth-order valence-electron chi connectivity index (χ4n) is 5.94. The maximum Gasteiger partial charge on any atom is 0.312 e. The molecule has 2 saturated heterocycles. The van der Waals surface area contributed by atoms with Crippen molar-refractivity contribution in [2.45, 2.75) is 50.7 Å². The Kier molecular flexibility index (Phi) is 9.79. The molecule has 2 aliphatic rings. The number of phenolic OH excluding ortho intramolecular Hbond substituents is 2.